The van der Waals surface area contributed by atoms with Crippen molar-refractivity contribution in [1.82, 2.24) is 19.8 Å². The predicted molar refractivity (Wildman–Crippen MR) is 93.4 cm³/mol. The first-order chi connectivity index (χ1) is 11.9. The number of hydrogen-bond donors (Lipinski definition) is 3. The van der Waals surface area contributed by atoms with Crippen LogP contribution < -0.4 is 10.0 Å². The van der Waals surface area contributed by atoms with E-state index >= 15 is 0 Å². The minimum absolute atomic E-state index is 0.0683. The highest BCUT2D eigenvalue weighted by atomic mass is 32.2. The van der Waals surface area contributed by atoms with Gasteiger partial charge in [0.25, 0.3) is 10.0 Å². The maximum absolute atomic E-state index is 12.6. The molecule has 0 amide bonds. The third kappa shape index (κ3) is 3.92. The van der Waals surface area contributed by atoms with Crippen molar-refractivity contribution in [2.75, 3.05) is 13.1 Å². The Kier molecular flexibility index (Phi) is 5.23. The van der Waals surface area contributed by atoms with Crippen LogP contribution in [-0.4, -0.2) is 42.4 Å². The monoisotopic (exact) mass is 384 g/mol. The van der Waals surface area contributed by atoms with Crippen molar-refractivity contribution in [1.29, 1.82) is 0 Å². The first-order valence-corrected chi connectivity index (χ1v) is 10.2. The largest absolute Gasteiger partial charge is 0.478 e. The number of thiophene rings is 1. The van der Waals surface area contributed by atoms with Crippen LogP contribution >= 0.6 is 11.3 Å². The maximum atomic E-state index is 12.6. The van der Waals surface area contributed by atoms with E-state index in [0.29, 0.717) is 37.9 Å². The summed E-state index contributed by atoms with van der Waals surface area (Å²) in [5, 5.41) is 16.7. The van der Waals surface area contributed by atoms with Gasteiger partial charge < -0.3 is 10.4 Å². The molecule has 2 aromatic heterocycles. The highest BCUT2D eigenvalue weighted by molar-refractivity contribution is 7.91. The van der Waals surface area contributed by atoms with Gasteiger partial charge in [-0.15, -0.1) is 11.3 Å². The zero-order valence-electron chi connectivity index (χ0n) is 13.8. The van der Waals surface area contributed by atoms with Crippen LogP contribution in [0.2, 0.25) is 0 Å². The molecular weight excluding hydrogens is 364 g/mol. The molecule has 1 aliphatic heterocycles. The minimum atomic E-state index is -3.84. The second-order valence-electron chi connectivity index (χ2n) is 5.92. The van der Waals surface area contributed by atoms with E-state index in [-0.39, 0.29) is 16.3 Å². The van der Waals surface area contributed by atoms with Gasteiger partial charge in [-0.25, -0.2) is 17.9 Å². The van der Waals surface area contributed by atoms with Crippen LogP contribution in [0.4, 0.5) is 0 Å². The molecule has 0 saturated heterocycles. The highest BCUT2D eigenvalue weighted by Gasteiger charge is 2.31. The summed E-state index contributed by atoms with van der Waals surface area (Å²) in [7, 11) is -2.01. The number of nitrogens with one attached hydrogen (secondary N) is 2. The molecular formula is C15H20N4O4S2. The van der Waals surface area contributed by atoms with Crippen LogP contribution in [0, 0.1) is 0 Å². The van der Waals surface area contributed by atoms with E-state index in [0.717, 1.165) is 21.8 Å². The Labute approximate surface area is 149 Å². The molecule has 0 bridgehead atoms. The predicted octanol–water partition coefficient (Wildman–Crippen LogP) is 0.737. The Hall–Kier alpha value is -1.75. The van der Waals surface area contributed by atoms with Crippen LogP contribution in [0.1, 0.15) is 32.8 Å². The average Bonchev–Trinajstić information content (AvgIpc) is 3.15. The minimum Gasteiger partial charge on any atom is -0.478 e. The Morgan fingerprint density at radius 2 is 2.32 bits per heavy atom. The van der Waals surface area contributed by atoms with Gasteiger partial charge in [0.1, 0.15) is 4.21 Å². The highest BCUT2D eigenvalue weighted by Crippen LogP contribution is 2.34. The van der Waals surface area contributed by atoms with E-state index in [2.05, 4.69) is 15.1 Å². The number of rotatable bonds is 7. The van der Waals surface area contributed by atoms with Gasteiger partial charge in [-0.05, 0) is 36.9 Å². The van der Waals surface area contributed by atoms with Crippen LogP contribution in [0.3, 0.4) is 0 Å². The van der Waals surface area contributed by atoms with E-state index in [9.17, 15) is 18.3 Å². The Balaban J connectivity index is 1.71. The molecule has 0 aliphatic carbocycles. The van der Waals surface area contributed by atoms with Gasteiger partial charge in [-0.1, -0.05) is 0 Å². The van der Waals surface area contributed by atoms with Gasteiger partial charge in [-0.2, -0.15) is 5.10 Å². The fraction of sp³-hybridized carbons (Fsp3) is 0.467. The molecule has 0 saturated carbocycles. The summed E-state index contributed by atoms with van der Waals surface area (Å²) in [6, 6.07) is 0. The molecule has 10 heteroatoms. The molecule has 1 aliphatic rings. The second kappa shape index (κ2) is 7.24. The lowest BCUT2D eigenvalue weighted by Crippen LogP contribution is -2.26. The second-order valence-corrected chi connectivity index (χ2v) is 8.99. The molecule has 3 heterocycles. The van der Waals surface area contributed by atoms with E-state index in [1.807, 2.05) is 13.2 Å². The Morgan fingerprint density at radius 1 is 1.52 bits per heavy atom. The van der Waals surface area contributed by atoms with Crippen LogP contribution in [-0.2, 0) is 36.5 Å². The standard InChI is InChI=1S/C15H20N4O4S2/c1-19-9-10(7-17-19)3-2-5-18-25(22,23)15-13(14(20)21)11-4-6-16-8-12(11)24-15/h7,9,16,18H,2-6,8H2,1H3,(H,20,21). The summed E-state index contributed by atoms with van der Waals surface area (Å²) in [4.78, 5) is 12.4. The SMILES string of the molecule is Cn1cc(CCCNS(=O)(=O)c2sc3c(c2C(=O)O)CCNC3)cn1. The number of sulfonamides is 1. The van der Waals surface area contributed by atoms with Gasteiger partial charge in [0.2, 0.25) is 0 Å². The van der Waals surface area contributed by atoms with Crippen molar-refractivity contribution < 1.29 is 18.3 Å². The molecule has 3 rings (SSSR count). The van der Waals surface area contributed by atoms with Gasteiger partial charge in [0, 0.05) is 31.2 Å². The number of nitrogens with zero attached hydrogens (tertiary/aromatic N) is 2. The van der Waals surface area contributed by atoms with Gasteiger partial charge in [0.15, 0.2) is 0 Å². The van der Waals surface area contributed by atoms with E-state index in [4.69, 9.17) is 0 Å². The normalized spacial score (nSPS) is 14.4. The zero-order valence-corrected chi connectivity index (χ0v) is 15.4. The fourth-order valence-electron chi connectivity index (χ4n) is 2.88. The summed E-state index contributed by atoms with van der Waals surface area (Å²) in [5.74, 6) is -1.19. The van der Waals surface area contributed by atoms with Crippen molar-refractivity contribution in [3.05, 3.63) is 34.0 Å². The Bertz CT molecular complexity index is 885. The summed E-state index contributed by atoms with van der Waals surface area (Å²) >= 11 is 1.05. The van der Waals surface area contributed by atoms with E-state index in [1.54, 1.807) is 10.9 Å². The van der Waals surface area contributed by atoms with Gasteiger partial charge in [-0.3, -0.25) is 4.68 Å². The number of carboxylic acid groups (broad SMARTS) is 1. The molecule has 3 N–H and O–H groups in total. The van der Waals surface area contributed by atoms with Crippen LogP contribution in [0.25, 0.3) is 0 Å². The molecule has 25 heavy (non-hydrogen) atoms. The summed E-state index contributed by atoms with van der Waals surface area (Å²) in [5.41, 5.74) is 1.61. The lowest BCUT2D eigenvalue weighted by atomic mass is 10.1. The first kappa shape index (κ1) is 18.1. The molecule has 0 aromatic carbocycles. The van der Waals surface area contributed by atoms with Gasteiger partial charge in [0.05, 0.1) is 11.8 Å². The molecule has 136 valence electrons. The molecule has 0 atom stereocenters. The van der Waals surface area contributed by atoms with Crippen molar-refractivity contribution in [2.24, 2.45) is 7.05 Å². The number of fused-ring (bicyclic) bond motifs is 1. The number of aromatic carboxylic acids is 1. The van der Waals surface area contributed by atoms with Crippen molar-refractivity contribution in [3.63, 3.8) is 0 Å². The topological polar surface area (TPSA) is 113 Å². The quantitative estimate of drug-likeness (QED) is 0.607. The summed E-state index contributed by atoms with van der Waals surface area (Å²) in [6.07, 6.45) is 5.48. The molecule has 0 fully saturated rings. The number of carboxylic acids is 1. The van der Waals surface area contributed by atoms with E-state index < -0.39 is 16.0 Å². The first-order valence-electron chi connectivity index (χ1n) is 7.94. The zero-order chi connectivity index (χ0) is 18.0. The van der Waals surface area contributed by atoms with Crippen LogP contribution in [0.5, 0.6) is 0 Å². The van der Waals surface area contributed by atoms with Gasteiger partial charge >= 0.3 is 5.97 Å². The lowest BCUT2D eigenvalue weighted by Gasteiger charge is -2.12. The molecule has 8 nitrogen and oxygen atoms in total. The third-order valence-electron chi connectivity index (χ3n) is 4.05. The van der Waals surface area contributed by atoms with E-state index in [1.165, 1.54) is 0 Å². The van der Waals surface area contributed by atoms with Crippen molar-refractivity contribution in [3.8, 4) is 0 Å². The number of hydrogen-bond acceptors (Lipinski definition) is 6. The smallest absolute Gasteiger partial charge is 0.338 e. The summed E-state index contributed by atoms with van der Waals surface area (Å²) < 4.78 is 29.3. The summed E-state index contributed by atoms with van der Waals surface area (Å²) in [6.45, 7) is 1.41. The maximum Gasteiger partial charge on any atom is 0.338 e. The molecule has 0 spiro atoms. The van der Waals surface area contributed by atoms with Crippen LogP contribution in [0.15, 0.2) is 16.6 Å². The molecule has 0 radical (unpaired) electrons. The number of carbonyl (C=O) groups is 1. The number of aryl methyl sites for hydroxylation is 2. The van der Waals surface area contributed by atoms with Crippen molar-refractivity contribution in [2.45, 2.75) is 30.0 Å². The molecule has 2 aromatic rings. The average molecular weight is 384 g/mol. The Morgan fingerprint density at radius 3 is 3.00 bits per heavy atom. The lowest BCUT2D eigenvalue weighted by molar-refractivity contribution is 0.0692. The van der Waals surface area contributed by atoms with Crippen molar-refractivity contribution >= 4 is 27.3 Å². The third-order valence-corrected chi connectivity index (χ3v) is 7.26. The number of aromatic nitrogens is 2. The fourth-order valence-corrected chi connectivity index (χ4v) is 5.86. The molecule has 0 unspecified atom stereocenters.